The van der Waals surface area contributed by atoms with Gasteiger partial charge in [0, 0.05) is 0 Å². The van der Waals surface area contributed by atoms with E-state index in [0.29, 0.717) is 5.75 Å². The molecule has 42 valence electrons. The van der Waals surface area contributed by atoms with Crippen molar-refractivity contribution in [1.82, 2.24) is 0 Å². The van der Waals surface area contributed by atoms with Gasteiger partial charge in [0.15, 0.2) is 0 Å². The Bertz CT molecular complexity index is 147. The number of hydrogen-bond acceptors (Lipinski definition) is 1. The monoisotopic (exact) mass is 173 g/mol. The van der Waals surface area contributed by atoms with E-state index in [1.54, 1.807) is 12.1 Å². The van der Waals surface area contributed by atoms with Crippen molar-refractivity contribution in [3.63, 3.8) is 0 Å². The minimum atomic E-state index is 0.309. The maximum absolute atomic E-state index is 8.74. The first kappa shape index (κ1) is 5.67. The molecule has 0 aliphatic rings. The van der Waals surface area contributed by atoms with Crippen LogP contribution in [-0.2, 0) is 0 Å². The minimum absolute atomic E-state index is 0.309. The molecule has 0 fully saturated rings. The molecule has 0 unspecified atom stereocenters. The molecule has 0 amide bonds. The van der Waals surface area contributed by atoms with E-state index in [2.05, 4.69) is 16.0 Å². The van der Waals surface area contributed by atoms with Gasteiger partial charge in [-0.2, -0.15) is 0 Å². The molecule has 2 heteroatoms. The molecule has 0 aliphatic heterocycles. The standard InChI is InChI=1S/C6H6OSe/c7-5-1-3-6(8)4-2-5/h1-4,7-8H/p-1. The number of phenolic OH excluding ortho intramolecular Hbond substituents is 1. The number of rotatable bonds is 0. The van der Waals surface area contributed by atoms with Crippen LogP contribution in [-0.4, -0.2) is 21.1 Å². The van der Waals surface area contributed by atoms with E-state index in [0.717, 1.165) is 4.46 Å². The third-order valence-electron chi connectivity index (χ3n) is 0.837. The van der Waals surface area contributed by atoms with Gasteiger partial charge < -0.3 is 0 Å². The van der Waals surface area contributed by atoms with Gasteiger partial charge in [-0.15, -0.1) is 0 Å². The van der Waals surface area contributed by atoms with Gasteiger partial charge in [-0.05, 0) is 0 Å². The summed E-state index contributed by atoms with van der Waals surface area (Å²) in [5.74, 6) is 0.309. The molecule has 8 heavy (non-hydrogen) atoms. The molecular formula is C6H5OSe-. The van der Waals surface area contributed by atoms with Crippen molar-refractivity contribution < 1.29 is 5.11 Å². The Hall–Kier alpha value is -0.461. The molecular weight excluding hydrogens is 167 g/mol. The zero-order valence-electron chi connectivity index (χ0n) is 4.16. The number of benzene rings is 1. The Morgan fingerprint density at radius 1 is 1.12 bits per heavy atom. The molecule has 0 saturated heterocycles. The first-order valence-corrected chi connectivity index (χ1v) is 3.11. The molecule has 0 spiro atoms. The quantitative estimate of drug-likeness (QED) is 0.553. The Balaban J connectivity index is 3.03. The van der Waals surface area contributed by atoms with Gasteiger partial charge in [0.25, 0.3) is 0 Å². The van der Waals surface area contributed by atoms with E-state index < -0.39 is 0 Å². The van der Waals surface area contributed by atoms with Gasteiger partial charge >= 0.3 is 55.6 Å². The van der Waals surface area contributed by atoms with Crippen LogP contribution in [0.4, 0.5) is 0 Å². The zero-order chi connectivity index (χ0) is 5.98. The van der Waals surface area contributed by atoms with Crippen LogP contribution in [0.15, 0.2) is 24.3 Å². The maximum atomic E-state index is 8.74. The summed E-state index contributed by atoms with van der Waals surface area (Å²) in [6.07, 6.45) is 0. The fourth-order valence-electron chi connectivity index (χ4n) is 0.446. The van der Waals surface area contributed by atoms with Crippen LogP contribution < -0.4 is 4.46 Å². The molecule has 0 radical (unpaired) electrons. The van der Waals surface area contributed by atoms with Crippen molar-refractivity contribution >= 4 is 20.5 Å². The summed E-state index contributed by atoms with van der Waals surface area (Å²) in [5.41, 5.74) is 0. The van der Waals surface area contributed by atoms with E-state index in [1.165, 1.54) is 0 Å². The van der Waals surface area contributed by atoms with Crippen LogP contribution in [0.2, 0.25) is 0 Å². The van der Waals surface area contributed by atoms with E-state index in [-0.39, 0.29) is 0 Å². The molecule has 0 aliphatic carbocycles. The Morgan fingerprint density at radius 3 is 2.00 bits per heavy atom. The molecule has 1 nitrogen and oxygen atoms in total. The van der Waals surface area contributed by atoms with Crippen LogP contribution in [0, 0.1) is 0 Å². The predicted molar refractivity (Wildman–Crippen MR) is 33.5 cm³/mol. The summed E-state index contributed by atoms with van der Waals surface area (Å²) < 4.78 is 1.04. The fourth-order valence-corrected chi connectivity index (χ4v) is 0.732. The van der Waals surface area contributed by atoms with Crippen LogP contribution in [0.3, 0.4) is 0 Å². The Kier molecular flexibility index (Phi) is 1.56. The Labute approximate surface area is 56.2 Å². The first-order chi connectivity index (χ1) is 3.79. The summed E-state index contributed by atoms with van der Waals surface area (Å²) in [7, 11) is 0. The topological polar surface area (TPSA) is 20.2 Å². The number of hydrogen-bond donors (Lipinski definition) is 1. The molecule has 1 aromatic rings. The van der Waals surface area contributed by atoms with Crippen LogP contribution >= 0.6 is 0 Å². The van der Waals surface area contributed by atoms with E-state index in [9.17, 15) is 0 Å². The average molecular weight is 172 g/mol. The van der Waals surface area contributed by atoms with E-state index >= 15 is 0 Å². The van der Waals surface area contributed by atoms with Crippen molar-refractivity contribution in [3.05, 3.63) is 24.3 Å². The van der Waals surface area contributed by atoms with Crippen molar-refractivity contribution in [3.8, 4) is 5.75 Å². The van der Waals surface area contributed by atoms with Gasteiger partial charge in [0.1, 0.15) is 0 Å². The molecule has 1 aromatic carbocycles. The van der Waals surface area contributed by atoms with Crippen molar-refractivity contribution in [2.45, 2.75) is 0 Å². The number of aromatic hydroxyl groups is 1. The molecule has 0 bridgehead atoms. The molecule has 1 N–H and O–H groups in total. The molecule has 1 rings (SSSR count). The molecule has 0 saturated carbocycles. The van der Waals surface area contributed by atoms with Crippen LogP contribution in [0.1, 0.15) is 0 Å². The van der Waals surface area contributed by atoms with Crippen LogP contribution in [0.25, 0.3) is 0 Å². The number of phenols is 1. The normalized spacial score (nSPS) is 9.00. The van der Waals surface area contributed by atoms with Gasteiger partial charge in [-0.1, -0.05) is 0 Å². The molecule has 0 aromatic heterocycles. The Morgan fingerprint density at radius 2 is 1.62 bits per heavy atom. The summed E-state index contributed by atoms with van der Waals surface area (Å²) in [4.78, 5) is 0. The van der Waals surface area contributed by atoms with E-state index in [1.807, 2.05) is 12.1 Å². The van der Waals surface area contributed by atoms with Crippen molar-refractivity contribution in [1.29, 1.82) is 0 Å². The van der Waals surface area contributed by atoms with Crippen molar-refractivity contribution in [2.24, 2.45) is 0 Å². The van der Waals surface area contributed by atoms with Gasteiger partial charge in [-0.25, -0.2) is 0 Å². The second-order valence-electron chi connectivity index (χ2n) is 1.49. The van der Waals surface area contributed by atoms with E-state index in [4.69, 9.17) is 5.11 Å². The zero-order valence-corrected chi connectivity index (χ0v) is 5.88. The van der Waals surface area contributed by atoms with Gasteiger partial charge in [0.05, 0.1) is 0 Å². The first-order valence-electron chi connectivity index (χ1n) is 2.25. The third-order valence-corrected chi connectivity index (χ3v) is 1.41. The summed E-state index contributed by atoms with van der Waals surface area (Å²) in [5, 5.41) is 8.74. The molecule has 0 atom stereocenters. The predicted octanol–water partition coefficient (Wildman–Crippen LogP) is 0.186. The summed E-state index contributed by atoms with van der Waals surface area (Å²) >= 11 is 2.82. The van der Waals surface area contributed by atoms with Crippen molar-refractivity contribution in [2.75, 3.05) is 0 Å². The molecule has 0 heterocycles. The van der Waals surface area contributed by atoms with Crippen LogP contribution in [0.5, 0.6) is 5.75 Å². The second-order valence-corrected chi connectivity index (χ2v) is 2.48. The second kappa shape index (κ2) is 2.21. The third kappa shape index (κ3) is 1.25. The fraction of sp³-hybridized carbons (Fsp3) is 0. The summed E-state index contributed by atoms with van der Waals surface area (Å²) in [6.45, 7) is 0. The summed E-state index contributed by atoms with van der Waals surface area (Å²) in [6, 6.07) is 6.92. The van der Waals surface area contributed by atoms with Gasteiger partial charge in [0.2, 0.25) is 0 Å². The SMILES string of the molecule is Oc1ccc([Se-])cc1. The van der Waals surface area contributed by atoms with Gasteiger partial charge in [-0.3, -0.25) is 0 Å². The average Bonchev–Trinajstić information content (AvgIpc) is 1.77.